The van der Waals surface area contributed by atoms with Crippen molar-refractivity contribution in [3.05, 3.63) is 0 Å². The van der Waals surface area contributed by atoms with E-state index in [9.17, 15) is 9.59 Å². The van der Waals surface area contributed by atoms with Crippen LogP contribution in [0.25, 0.3) is 0 Å². The normalized spacial score (nSPS) is 27.2. The van der Waals surface area contributed by atoms with Crippen LogP contribution in [0.1, 0.15) is 12.8 Å². The lowest BCUT2D eigenvalue weighted by Crippen LogP contribution is -2.40. The molecular weight excluding hydrogens is 158 g/mol. The van der Waals surface area contributed by atoms with Crippen molar-refractivity contribution in [2.75, 3.05) is 14.2 Å². The Labute approximate surface area is 71.3 Å². The van der Waals surface area contributed by atoms with Gasteiger partial charge in [-0.15, -0.1) is 0 Å². The summed E-state index contributed by atoms with van der Waals surface area (Å²) in [4.78, 5) is 21.9. The number of nitrogens with one attached hydrogen (secondary N) is 1. The molecule has 1 amide bonds. The second-order valence-electron chi connectivity index (χ2n) is 3.00. The molecule has 1 aliphatic carbocycles. The topological polar surface area (TPSA) is 55.4 Å². The first-order valence-corrected chi connectivity index (χ1v) is 3.98. The number of carbonyl (C=O) groups excluding carboxylic acids is 2. The lowest BCUT2D eigenvalue weighted by atomic mass is 9.74. The van der Waals surface area contributed by atoms with Crippen LogP contribution in [-0.4, -0.2) is 26.0 Å². The molecule has 0 heterocycles. The number of ether oxygens (including phenoxy) is 1. The van der Waals surface area contributed by atoms with E-state index in [4.69, 9.17) is 0 Å². The molecule has 4 nitrogen and oxygen atoms in total. The second-order valence-corrected chi connectivity index (χ2v) is 3.00. The predicted octanol–water partition coefficient (Wildman–Crippen LogP) is -0.0684. The molecule has 1 rings (SSSR count). The number of carbonyl (C=O) groups is 2. The standard InChI is InChI=1S/C8H13NO3/c1-9-7(10)5-3-6(4-5)8(11)12-2/h5-6H,3-4H2,1-2H3,(H,9,10). The Balaban J connectivity index is 2.28. The van der Waals surface area contributed by atoms with Crippen molar-refractivity contribution < 1.29 is 14.3 Å². The molecule has 1 fully saturated rings. The van der Waals surface area contributed by atoms with Crippen LogP contribution in [-0.2, 0) is 14.3 Å². The summed E-state index contributed by atoms with van der Waals surface area (Å²) < 4.78 is 4.55. The third kappa shape index (κ3) is 1.57. The van der Waals surface area contributed by atoms with Crippen LogP contribution in [0.2, 0.25) is 0 Å². The van der Waals surface area contributed by atoms with E-state index in [2.05, 4.69) is 10.1 Å². The van der Waals surface area contributed by atoms with Gasteiger partial charge < -0.3 is 10.1 Å². The van der Waals surface area contributed by atoms with Gasteiger partial charge in [0.25, 0.3) is 0 Å². The van der Waals surface area contributed by atoms with E-state index in [0.717, 1.165) is 0 Å². The molecule has 0 aromatic rings. The van der Waals surface area contributed by atoms with Gasteiger partial charge in [0, 0.05) is 13.0 Å². The summed E-state index contributed by atoms with van der Waals surface area (Å²) in [6.07, 6.45) is 1.26. The molecule has 0 saturated heterocycles. The van der Waals surface area contributed by atoms with Crippen molar-refractivity contribution in [1.82, 2.24) is 5.32 Å². The molecular formula is C8H13NO3. The first-order chi connectivity index (χ1) is 5.69. The van der Waals surface area contributed by atoms with Crippen LogP contribution in [0.5, 0.6) is 0 Å². The Morgan fingerprint density at radius 3 is 2.33 bits per heavy atom. The molecule has 0 atom stereocenters. The minimum Gasteiger partial charge on any atom is -0.469 e. The molecule has 0 aromatic heterocycles. The Morgan fingerprint density at radius 1 is 1.33 bits per heavy atom. The minimum absolute atomic E-state index is 0.0131. The molecule has 12 heavy (non-hydrogen) atoms. The van der Waals surface area contributed by atoms with E-state index in [1.165, 1.54) is 7.11 Å². The van der Waals surface area contributed by atoms with Crippen molar-refractivity contribution in [3.8, 4) is 0 Å². The summed E-state index contributed by atoms with van der Waals surface area (Å²) >= 11 is 0. The van der Waals surface area contributed by atoms with Gasteiger partial charge in [0.2, 0.25) is 5.91 Å². The van der Waals surface area contributed by atoms with E-state index in [-0.39, 0.29) is 23.7 Å². The molecule has 4 heteroatoms. The zero-order valence-corrected chi connectivity index (χ0v) is 7.29. The monoisotopic (exact) mass is 171 g/mol. The van der Waals surface area contributed by atoms with Crippen LogP contribution in [0, 0.1) is 11.8 Å². The summed E-state index contributed by atoms with van der Waals surface area (Å²) in [5, 5.41) is 2.55. The van der Waals surface area contributed by atoms with Gasteiger partial charge in [-0.05, 0) is 12.8 Å². The van der Waals surface area contributed by atoms with Gasteiger partial charge in [0.15, 0.2) is 0 Å². The zero-order valence-electron chi connectivity index (χ0n) is 7.29. The largest absolute Gasteiger partial charge is 0.469 e. The molecule has 1 aliphatic rings. The van der Waals surface area contributed by atoms with Gasteiger partial charge in [-0.1, -0.05) is 0 Å². The van der Waals surface area contributed by atoms with Gasteiger partial charge in [0.1, 0.15) is 0 Å². The van der Waals surface area contributed by atoms with Crippen molar-refractivity contribution in [1.29, 1.82) is 0 Å². The lowest BCUT2D eigenvalue weighted by molar-refractivity contribution is -0.151. The minimum atomic E-state index is -0.199. The summed E-state index contributed by atoms with van der Waals surface area (Å²) in [6, 6.07) is 0. The van der Waals surface area contributed by atoms with Crippen LogP contribution >= 0.6 is 0 Å². The van der Waals surface area contributed by atoms with Crippen LogP contribution in [0.3, 0.4) is 0 Å². The van der Waals surface area contributed by atoms with Gasteiger partial charge >= 0.3 is 5.97 Å². The molecule has 0 aromatic carbocycles. The molecule has 0 bridgehead atoms. The van der Waals surface area contributed by atoms with Crippen LogP contribution in [0.4, 0.5) is 0 Å². The fraction of sp³-hybridized carbons (Fsp3) is 0.750. The third-order valence-corrected chi connectivity index (χ3v) is 2.29. The average Bonchev–Trinajstić information content (AvgIpc) is 2.01. The van der Waals surface area contributed by atoms with E-state index in [1.54, 1.807) is 7.05 Å². The smallest absolute Gasteiger partial charge is 0.308 e. The van der Waals surface area contributed by atoms with E-state index >= 15 is 0 Å². The van der Waals surface area contributed by atoms with Crippen molar-refractivity contribution in [2.24, 2.45) is 11.8 Å². The number of hydrogen-bond acceptors (Lipinski definition) is 3. The van der Waals surface area contributed by atoms with Crippen LogP contribution < -0.4 is 5.32 Å². The number of esters is 1. The average molecular weight is 171 g/mol. The maximum atomic E-state index is 11.0. The Hall–Kier alpha value is -1.06. The highest BCUT2D eigenvalue weighted by atomic mass is 16.5. The highest BCUT2D eigenvalue weighted by molar-refractivity contribution is 5.83. The Morgan fingerprint density at radius 2 is 1.92 bits per heavy atom. The fourth-order valence-electron chi connectivity index (χ4n) is 1.40. The van der Waals surface area contributed by atoms with Crippen LogP contribution in [0.15, 0.2) is 0 Å². The maximum Gasteiger partial charge on any atom is 0.308 e. The molecule has 1 saturated carbocycles. The number of hydrogen-bond donors (Lipinski definition) is 1. The van der Waals surface area contributed by atoms with E-state index in [0.29, 0.717) is 12.8 Å². The highest BCUT2D eigenvalue weighted by Gasteiger charge is 2.38. The molecule has 0 unspecified atom stereocenters. The Kier molecular flexibility index (Phi) is 2.68. The molecule has 0 aliphatic heterocycles. The van der Waals surface area contributed by atoms with E-state index in [1.807, 2.05) is 0 Å². The predicted molar refractivity (Wildman–Crippen MR) is 42.3 cm³/mol. The number of amides is 1. The summed E-state index contributed by atoms with van der Waals surface area (Å²) in [5.41, 5.74) is 0. The highest BCUT2D eigenvalue weighted by Crippen LogP contribution is 2.34. The van der Waals surface area contributed by atoms with Crippen molar-refractivity contribution in [2.45, 2.75) is 12.8 Å². The molecule has 1 N–H and O–H groups in total. The second kappa shape index (κ2) is 3.56. The summed E-state index contributed by atoms with van der Waals surface area (Å²) in [5.74, 6) is -0.221. The van der Waals surface area contributed by atoms with Crippen molar-refractivity contribution in [3.63, 3.8) is 0 Å². The van der Waals surface area contributed by atoms with Gasteiger partial charge in [0.05, 0.1) is 13.0 Å². The van der Waals surface area contributed by atoms with Gasteiger partial charge in [-0.3, -0.25) is 9.59 Å². The first kappa shape index (κ1) is 9.03. The quantitative estimate of drug-likeness (QED) is 0.592. The van der Waals surface area contributed by atoms with E-state index < -0.39 is 0 Å². The maximum absolute atomic E-state index is 11.0. The van der Waals surface area contributed by atoms with Gasteiger partial charge in [-0.25, -0.2) is 0 Å². The molecule has 0 radical (unpaired) electrons. The SMILES string of the molecule is CNC(=O)C1CC(C(=O)OC)C1. The fourth-order valence-corrected chi connectivity index (χ4v) is 1.40. The number of methoxy groups -OCH3 is 1. The molecule has 0 spiro atoms. The van der Waals surface area contributed by atoms with Gasteiger partial charge in [-0.2, -0.15) is 0 Å². The third-order valence-electron chi connectivity index (χ3n) is 2.29. The molecule has 68 valence electrons. The summed E-state index contributed by atoms with van der Waals surface area (Å²) in [7, 11) is 2.98. The van der Waals surface area contributed by atoms with Crippen molar-refractivity contribution >= 4 is 11.9 Å². The summed E-state index contributed by atoms with van der Waals surface area (Å²) in [6.45, 7) is 0. The number of rotatable bonds is 2. The first-order valence-electron chi connectivity index (χ1n) is 3.98. The lowest BCUT2D eigenvalue weighted by Gasteiger charge is -2.31. The zero-order chi connectivity index (χ0) is 9.14. The Bertz CT molecular complexity index is 176.